The van der Waals surface area contributed by atoms with E-state index in [0.29, 0.717) is 32.6 Å². The zero-order valence-corrected chi connectivity index (χ0v) is 23.4. The summed E-state index contributed by atoms with van der Waals surface area (Å²) < 4.78 is 26.4. The molecule has 192 valence electrons. The lowest BCUT2D eigenvalue weighted by molar-refractivity contribution is -0.139. The Bertz CT molecular complexity index is 1190. The summed E-state index contributed by atoms with van der Waals surface area (Å²) in [5.74, 6) is -0.935. The van der Waals surface area contributed by atoms with Crippen LogP contribution in [-0.2, 0) is 26.2 Å². The lowest BCUT2D eigenvalue weighted by atomic mass is 10.1. The number of nitrogens with zero attached hydrogens (tertiary/aromatic N) is 2. The van der Waals surface area contributed by atoms with Gasteiger partial charge in [0.25, 0.3) is 0 Å². The molecular weight excluding hydrogens is 533 g/mol. The maximum absolute atomic E-state index is 13.6. The molecule has 0 saturated heterocycles. The maximum atomic E-state index is 13.6. The van der Waals surface area contributed by atoms with Crippen LogP contribution < -0.4 is 9.62 Å². The first-order valence-electron chi connectivity index (χ1n) is 11.0. The summed E-state index contributed by atoms with van der Waals surface area (Å²) >= 11 is 18.5. The van der Waals surface area contributed by atoms with Crippen LogP contribution in [0.1, 0.15) is 38.3 Å². The van der Waals surface area contributed by atoms with Gasteiger partial charge in [-0.05, 0) is 62.6 Å². The fraction of sp³-hybridized carbons (Fsp3) is 0.417. The van der Waals surface area contributed by atoms with Crippen LogP contribution in [0.15, 0.2) is 36.4 Å². The highest BCUT2D eigenvalue weighted by atomic mass is 35.5. The molecule has 1 N–H and O–H groups in total. The van der Waals surface area contributed by atoms with Gasteiger partial charge in [0.2, 0.25) is 21.8 Å². The first-order chi connectivity index (χ1) is 16.3. The molecule has 7 nitrogen and oxygen atoms in total. The third-order valence-electron chi connectivity index (χ3n) is 5.71. The van der Waals surface area contributed by atoms with E-state index in [2.05, 4.69) is 5.32 Å². The van der Waals surface area contributed by atoms with Gasteiger partial charge in [0.1, 0.15) is 12.6 Å². The van der Waals surface area contributed by atoms with E-state index in [1.807, 2.05) is 13.8 Å². The molecule has 0 bridgehead atoms. The summed E-state index contributed by atoms with van der Waals surface area (Å²) in [6.07, 6.45) is 1.73. The molecule has 11 heteroatoms. The van der Waals surface area contributed by atoms with E-state index in [-0.39, 0.29) is 24.2 Å². The summed E-state index contributed by atoms with van der Waals surface area (Å²) in [4.78, 5) is 27.8. The van der Waals surface area contributed by atoms with Crippen LogP contribution in [-0.4, -0.2) is 50.0 Å². The smallest absolute Gasteiger partial charge is 0.244 e. The minimum atomic E-state index is -3.86. The fourth-order valence-corrected chi connectivity index (χ4v) is 4.88. The van der Waals surface area contributed by atoms with E-state index >= 15 is 0 Å². The zero-order valence-electron chi connectivity index (χ0n) is 20.3. The SMILES string of the molecule is CC[C@H](C)NC(=O)[C@@H](C)N(Cc1ccc(Cl)cc1Cl)C(=O)CN(c1cccc(Cl)c1C)S(C)(=O)=O. The van der Waals surface area contributed by atoms with Crippen molar-refractivity contribution in [2.75, 3.05) is 17.1 Å². The highest BCUT2D eigenvalue weighted by molar-refractivity contribution is 7.92. The molecular formula is C24H30Cl3N3O4S. The summed E-state index contributed by atoms with van der Waals surface area (Å²) in [5.41, 5.74) is 1.37. The predicted octanol–water partition coefficient (Wildman–Crippen LogP) is 5.05. The second kappa shape index (κ2) is 12.3. The van der Waals surface area contributed by atoms with E-state index in [0.717, 1.165) is 10.6 Å². The minimum Gasteiger partial charge on any atom is -0.352 e. The fourth-order valence-electron chi connectivity index (χ4n) is 3.34. The van der Waals surface area contributed by atoms with Crippen molar-refractivity contribution in [2.24, 2.45) is 0 Å². The standard InChI is InChI=1S/C24H30Cl3N3O4S/c1-6-15(2)28-24(32)17(4)29(13-18-10-11-19(25)12-21(18)27)23(31)14-30(35(5,33)34)22-9-7-8-20(26)16(22)3/h7-12,15,17H,6,13-14H2,1-5H3,(H,28,32)/t15-,17+/m0/s1. The van der Waals surface area contributed by atoms with Crippen molar-refractivity contribution in [2.45, 2.75) is 52.7 Å². The predicted molar refractivity (Wildman–Crippen MR) is 143 cm³/mol. The summed E-state index contributed by atoms with van der Waals surface area (Å²) in [5, 5.41) is 4.00. The molecule has 0 fully saturated rings. The molecule has 2 amide bonds. The van der Waals surface area contributed by atoms with Crippen molar-refractivity contribution in [1.29, 1.82) is 0 Å². The highest BCUT2D eigenvalue weighted by Gasteiger charge is 2.31. The Kier molecular flexibility index (Phi) is 10.3. The quantitative estimate of drug-likeness (QED) is 0.439. The normalized spacial score (nSPS) is 13.1. The number of carbonyl (C=O) groups excluding carboxylic acids is 2. The van der Waals surface area contributed by atoms with Gasteiger partial charge >= 0.3 is 0 Å². The Balaban J connectivity index is 2.47. The van der Waals surface area contributed by atoms with Crippen LogP contribution in [0.2, 0.25) is 15.1 Å². The number of amides is 2. The zero-order chi connectivity index (χ0) is 26.5. The van der Waals surface area contributed by atoms with Crippen molar-refractivity contribution < 1.29 is 18.0 Å². The molecule has 0 aliphatic carbocycles. The van der Waals surface area contributed by atoms with Crippen molar-refractivity contribution in [3.05, 3.63) is 62.6 Å². The van der Waals surface area contributed by atoms with Gasteiger partial charge in [-0.3, -0.25) is 13.9 Å². The van der Waals surface area contributed by atoms with E-state index in [1.165, 1.54) is 4.90 Å². The van der Waals surface area contributed by atoms with Crippen LogP contribution in [0, 0.1) is 6.92 Å². The van der Waals surface area contributed by atoms with Crippen molar-refractivity contribution in [3.63, 3.8) is 0 Å². The Hall–Kier alpha value is -2.00. The number of hydrogen-bond acceptors (Lipinski definition) is 4. The van der Waals surface area contributed by atoms with Gasteiger partial charge in [-0.15, -0.1) is 0 Å². The van der Waals surface area contributed by atoms with E-state index in [1.54, 1.807) is 50.2 Å². The minimum absolute atomic E-state index is 0.0178. The topological polar surface area (TPSA) is 86.8 Å². The second-order valence-electron chi connectivity index (χ2n) is 8.40. The summed E-state index contributed by atoms with van der Waals surface area (Å²) in [6.45, 7) is 6.52. The van der Waals surface area contributed by atoms with Gasteiger partial charge in [-0.2, -0.15) is 0 Å². The molecule has 35 heavy (non-hydrogen) atoms. The number of benzene rings is 2. The lowest BCUT2D eigenvalue weighted by Gasteiger charge is -2.32. The van der Waals surface area contributed by atoms with Gasteiger partial charge in [-0.25, -0.2) is 8.42 Å². The molecule has 2 aromatic carbocycles. The van der Waals surface area contributed by atoms with Crippen LogP contribution in [0.5, 0.6) is 0 Å². The molecule has 2 aromatic rings. The number of anilines is 1. The molecule has 0 spiro atoms. The first kappa shape index (κ1) is 29.2. The number of nitrogens with one attached hydrogen (secondary N) is 1. The Labute approximate surface area is 222 Å². The molecule has 0 heterocycles. The molecule has 0 aliphatic rings. The third-order valence-corrected chi connectivity index (χ3v) is 7.83. The van der Waals surface area contributed by atoms with Gasteiger partial charge in [0.05, 0.1) is 11.9 Å². The van der Waals surface area contributed by atoms with Crippen molar-refractivity contribution in [1.82, 2.24) is 10.2 Å². The third kappa shape index (κ3) is 7.74. The number of halogens is 3. The number of carbonyl (C=O) groups is 2. The summed E-state index contributed by atoms with van der Waals surface area (Å²) in [6, 6.07) is 8.68. The van der Waals surface area contributed by atoms with Crippen LogP contribution in [0.4, 0.5) is 5.69 Å². The number of sulfonamides is 1. The Morgan fingerprint density at radius 1 is 1.06 bits per heavy atom. The van der Waals surface area contributed by atoms with Crippen LogP contribution >= 0.6 is 34.8 Å². The summed E-state index contributed by atoms with van der Waals surface area (Å²) in [7, 11) is -3.86. The first-order valence-corrected chi connectivity index (χ1v) is 14.0. The lowest BCUT2D eigenvalue weighted by Crippen LogP contribution is -2.52. The highest BCUT2D eigenvalue weighted by Crippen LogP contribution is 2.29. The molecule has 2 rings (SSSR count). The van der Waals surface area contributed by atoms with E-state index < -0.39 is 28.5 Å². The van der Waals surface area contributed by atoms with Gasteiger partial charge in [-0.1, -0.05) is 53.9 Å². The molecule has 0 aliphatic heterocycles. The van der Waals surface area contributed by atoms with E-state index in [9.17, 15) is 18.0 Å². The molecule has 0 saturated carbocycles. The monoisotopic (exact) mass is 561 g/mol. The second-order valence-corrected chi connectivity index (χ2v) is 11.6. The van der Waals surface area contributed by atoms with Gasteiger partial charge < -0.3 is 10.2 Å². The average molecular weight is 563 g/mol. The van der Waals surface area contributed by atoms with Gasteiger partial charge in [0.15, 0.2) is 0 Å². The van der Waals surface area contributed by atoms with Crippen molar-refractivity contribution in [3.8, 4) is 0 Å². The molecule has 0 unspecified atom stereocenters. The average Bonchev–Trinajstić information content (AvgIpc) is 2.77. The van der Waals surface area contributed by atoms with E-state index in [4.69, 9.17) is 34.8 Å². The molecule has 0 aromatic heterocycles. The van der Waals surface area contributed by atoms with Crippen LogP contribution in [0.3, 0.4) is 0 Å². The van der Waals surface area contributed by atoms with Gasteiger partial charge in [0, 0.05) is 27.7 Å². The Morgan fingerprint density at radius 2 is 1.71 bits per heavy atom. The number of hydrogen-bond donors (Lipinski definition) is 1. The number of rotatable bonds is 10. The molecule has 2 atom stereocenters. The maximum Gasteiger partial charge on any atom is 0.244 e. The molecule has 0 radical (unpaired) electrons. The Morgan fingerprint density at radius 3 is 2.29 bits per heavy atom. The van der Waals surface area contributed by atoms with Crippen LogP contribution in [0.25, 0.3) is 0 Å². The van der Waals surface area contributed by atoms with Crippen molar-refractivity contribution >= 4 is 62.3 Å². The largest absolute Gasteiger partial charge is 0.352 e.